The van der Waals surface area contributed by atoms with Gasteiger partial charge in [0.25, 0.3) is 11.5 Å². The van der Waals surface area contributed by atoms with E-state index in [1.807, 2.05) is 0 Å². The van der Waals surface area contributed by atoms with Crippen LogP contribution in [0.15, 0.2) is 33.9 Å². The SMILES string of the molecule is Cc1[nH]c(=O)[nH]c(=O)c1-c1cccc(C(=O)NCCN2CCC[C@@H](C)C2)c1. The molecule has 7 nitrogen and oxygen atoms in total. The van der Waals surface area contributed by atoms with Crippen molar-refractivity contribution in [3.63, 3.8) is 0 Å². The predicted molar refractivity (Wildman–Crippen MR) is 105 cm³/mol. The molecule has 3 rings (SSSR count). The second-order valence-electron chi connectivity index (χ2n) is 7.29. The van der Waals surface area contributed by atoms with Crippen molar-refractivity contribution >= 4 is 5.91 Å². The summed E-state index contributed by atoms with van der Waals surface area (Å²) in [5.41, 5.74) is 0.925. The molecule has 1 atom stereocenters. The first-order chi connectivity index (χ1) is 12.9. The molecule has 1 amide bonds. The number of H-pyrrole nitrogens is 2. The molecule has 1 aromatic carbocycles. The van der Waals surface area contributed by atoms with Gasteiger partial charge in [0, 0.05) is 30.9 Å². The Morgan fingerprint density at radius 1 is 1.30 bits per heavy atom. The number of benzene rings is 1. The fourth-order valence-electron chi connectivity index (χ4n) is 3.68. The number of hydrogen-bond acceptors (Lipinski definition) is 4. The van der Waals surface area contributed by atoms with E-state index in [0.717, 1.165) is 19.6 Å². The maximum absolute atomic E-state index is 12.5. The molecule has 1 aliphatic heterocycles. The van der Waals surface area contributed by atoms with Crippen molar-refractivity contribution in [2.75, 3.05) is 26.2 Å². The summed E-state index contributed by atoms with van der Waals surface area (Å²) in [6, 6.07) is 6.88. The molecule has 0 unspecified atom stereocenters. The molecule has 27 heavy (non-hydrogen) atoms. The molecule has 0 aliphatic carbocycles. The smallest absolute Gasteiger partial charge is 0.325 e. The van der Waals surface area contributed by atoms with E-state index in [2.05, 4.69) is 27.1 Å². The van der Waals surface area contributed by atoms with Gasteiger partial charge in [-0.25, -0.2) is 4.79 Å². The third kappa shape index (κ3) is 4.74. The van der Waals surface area contributed by atoms with Gasteiger partial charge in [-0.15, -0.1) is 0 Å². The number of rotatable bonds is 5. The van der Waals surface area contributed by atoms with Crippen molar-refractivity contribution in [1.82, 2.24) is 20.2 Å². The number of carbonyl (C=O) groups is 1. The lowest BCUT2D eigenvalue weighted by atomic mass is 10.0. The Bertz CT molecular complexity index is 931. The molecular formula is C20H26N4O3. The average molecular weight is 370 g/mol. The summed E-state index contributed by atoms with van der Waals surface area (Å²) in [5, 5.41) is 2.95. The average Bonchev–Trinajstić information content (AvgIpc) is 2.61. The lowest BCUT2D eigenvalue weighted by Crippen LogP contribution is -2.40. The number of nitrogens with zero attached hydrogens (tertiary/aromatic N) is 1. The maximum Gasteiger partial charge on any atom is 0.325 e. The van der Waals surface area contributed by atoms with Gasteiger partial charge in [0.15, 0.2) is 0 Å². The number of nitrogens with one attached hydrogen (secondary N) is 3. The second-order valence-corrected chi connectivity index (χ2v) is 7.29. The Labute approximate surface area is 157 Å². The van der Waals surface area contributed by atoms with Crippen LogP contribution in [0.1, 0.15) is 35.8 Å². The summed E-state index contributed by atoms with van der Waals surface area (Å²) < 4.78 is 0. The van der Waals surface area contributed by atoms with Gasteiger partial charge >= 0.3 is 5.69 Å². The Morgan fingerprint density at radius 3 is 2.85 bits per heavy atom. The van der Waals surface area contributed by atoms with Gasteiger partial charge in [-0.05, 0) is 49.9 Å². The van der Waals surface area contributed by atoms with Gasteiger partial charge in [-0.3, -0.25) is 14.6 Å². The van der Waals surface area contributed by atoms with Crippen molar-refractivity contribution in [3.8, 4) is 11.1 Å². The van der Waals surface area contributed by atoms with E-state index in [9.17, 15) is 14.4 Å². The second kappa shape index (κ2) is 8.35. The largest absolute Gasteiger partial charge is 0.351 e. The molecule has 1 saturated heterocycles. The Balaban J connectivity index is 1.67. The topological polar surface area (TPSA) is 98.1 Å². The normalized spacial score (nSPS) is 17.6. The van der Waals surface area contributed by atoms with Crippen LogP contribution >= 0.6 is 0 Å². The van der Waals surface area contributed by atoms with E-state index in [1.54, 1.807) is 31.2 Å². The zero-order chi connectivity index (χ0) is 19.4. The van der Waals surface area contributed by atoms with Gasteiger partial charge in [0.2, 0.25) is 0 Å². The van der Waals surface area contributed by atoms with Crippen molar-refractivity contribution in [2.45, 2.75) is 26.7 Å². The molecule has 2 heterocycles. The molecule has 2 aromatic rings. The van der Waals surface area contributed by atoms with Gasteiger partial charge in [0.05, 0.1) is 5.56 Å². The fraction of sp³-hybridized carbons (Fsp3) is 0.450. The molecule has 1 fully saturated rings. The highest BCUT2D eigenvalue weighted by Crippen LogP contribution is 2.19. The minimum atomic E-state index is -0.540. The number of aromatic amines is 2. The highest BCUT2D eigenvalue weighted by Gasteiger charge is 2.16. The molecule has 1 aromatic heterocycles. The minimum Gasteiger partial charge on any atom is -0.351 e. The molecule has 0 saturated carbocycles. The number of hydrogen-bond donors (Lipinski definition) is 3. The first-order valence-corrected chi connectivity index (χ1v) is 9.38. The van der Waals surface area contributed by atoms with Crippen molar-refractivity contribution in [1.29, 1.82) is 0 Å². The van der Waals surface area contributed by atoms with Crippen LogP contribution in [0.2, 0.25) is 0 Å². The molecule has 1 aliphatic rings. The van der Waals surface area contributed by atoms with Crippen LogP contribution in [0.4, 0.5) is 0 Å². The highest BCUT2D eigenvalue weighted by molar-refractivity contribution is 5.95. The van der Waals surface area contributed by atoms with Crippen molar-refractivity contribution in [2.24, 2.45) is 5.92 Å². The van der Waals surface area contributed by atoms with E-state index in [0.29, 0.717) is 34.8 Å². The molecule has 0 bridgehead atoms. The number of likely N-dealkylation sites (tertiary alicyclic amines) is 1. The van der Waals surface area contributed by atoms with Crippen molar-refractivity contribution in [3.05, 3.63) is 56.4 Å². The van der Waals surface area contributed by atoms with E-state index < -0.39 is 11.2 Å². The summed E-state index contributed by atoms with van der Waals surface area (Å²) in [7, 11) is 0. The number of piperidine rings is 1. The van der Waals surface area contributed by atoms with Crippen LogP contribution in [0, 0.1) is 12.8 Å². The molecule has 7 heteroatoms. The standard InChI is InChI=1S/C20H26N4O3/c1-13-5-4-9-24(12-13)10-8-21-18(25)16-7-3-6-15(11-16)17-14(2)22-20(27)23-19(17)26/h3,6-7,11,13H,4-5,8-10,12H2,1-2H3,(H,21,25)(H2,22,23,26,27)/t13-/m1/s1. The summed E-state index contributed by atoms with van der Waals surface area (Å²) in [4.78, 5) is 43.2. The van der Waals surface area contributed by atoms with E-state index in [1.165, 1.54) is 12.8 Å². The number of carbonyl (C=O) groups excluding carboxylic acids is 1. The molecule has 144 valence electrons. The first kappa shape index (κ1) is 19.1. The first-order valence-electron chi connectivity index (χ1n) is 9.38. The predicted octanol–water partition coefficient (Wildman–Crippen LogP) is 1.50. The minimum absolute atomic E-state index is 0.166. The lowest BCUT2D eigenvalue weighted by molar-refractivity contribution is 0.0944. The van der Waals surface area contributed by atoms with Crippen LogP contribution in [-0.4, -0.2) is 47.0 Å². The van der Waals surface area contributed by atoms with E-state index in [-0.39, 0.29) is 5.91 Å². The Kier molecular flexibility index (Phi) is 5.91. The highest BCUT2D eigenvalue weighted by atomic mass is 16.2. The van der Waals surface area contributed by atoms with Gasteiger partial charge < -0.3 is 15.2 Å². The zero-order valence-corrected chi connectivity index (χ0v) is 15.8. The quantitative estimate of drug-likeness (QED) is 0.743. The number of aromatic nitrogens is 2. The van der Waals surface area contributed by atoms with Crippen LogP contribution < -0.4 is 16.6 Å². The van der Waals surface area contributed by atoms with Crippen LogP contribution in [-0.2, 0) is 0 Å². The van der Waals surface area contributed by atoms with Crippen LogP contribution in [0.5, 0.6) is 0 Å². The third-order valence-corrected chi connectivity index (χ3v) is 5.00. The van der Waals surface area contributed by atoms with Crippen LogP contribution in [0.25, 0.3) is 11.1 Å². The van der Waals surface area contributed by atoms with Crippen molar-refractivity contribution < 1.29 is 4.79 Å². The molecule has 3 N–H and O–H groups in total. The van der Waals surface area contributed by atoms with Crippen LogP contribution in [0.3, 0.4) is 0 Å². The lowest BCUT2D eigenvalue weighted by Gasteiger charge is -2.30. The Morgan fingerprint density at radius 2 is 2.11 bits per heavy atom. The zero-order valence-electron chi connectivity index (χ0n) is 15.8. The summed E-state index contributed by atoms with van der Waals surface area (Å²) >= 11 is 0. The molecular weight excluding hydrogens is 344 g/mol. The maximum atomic E-state index is 12.5. The number of amides is 1. The van der Waals surface area contributed by atoms with E-state index in [4.69, 9.17) is 0 Å². The number of aryl methyl sites for hydroxylation is 1. The third-order valence-electron chi connectivity index (χ3n) is 5.00. The Hall–Kier alpha value is -2.67. The summed E-state index contributed by atoms with van der Waals surface area (Å²) in [5.74, 6) is 0.546. The van der Waals surface area contributed by atoms with Gasteiger partial charge in [-0.2, -0.15) is 0 Å². The summed E-state index contributed by atoms with van der Waals surface area (Å²) in [6.07, 6.45) is 2.49. The van der Waals surface area contributed by atoms with Gasteiger partial charge in [0.1, 0.15) is 0 Å². The van der Waals surface area contributed by atoms with Gasteiger partial charge in [-0.1, -0.05) is 19.1 Å². The molecule has 0 radical (unpaired) electrons. The fourth-order valence-corrected chi connectivity index (χ4v) is 3.68. The monoisotopic (exact) mass is 370 g/mol. The van der Waals surface area contributed by atoms with E-state index >= 15 is 0 Å². The molecule has 0 spiro atoms. The summed E-state index contributed by atoms with van der Waals surface area (Å²) in [6.45, 7) is 7.53.